The van der Waals surface area contributed by atoms with Crippen molar-refractivity contribution in [2.24, 2.45) is 0 Å². The fourth-order valence-corrected chi connectivity index (χ4v) is 8.38. The molecule has 0 atom stereocenters. The first-order valence-corrected chi connectivity index (χ1v) is 19.0. The van der Waals surface area contributed by atoms with Crippen molar-refractivity contribution >= 4 is 65.7 Å². The lowest BCUT2D eigenvalue weighted by molar-refractivity contribution is 0.668. The van der Waals surface area contributed by atoms with Crippen molar-refractivity contribution in [1.82, 2.24) is 19.5 Å². The lowest BCUT2D eigenvalue weighted by Gasteiger charge is -2.12. The van der Waals surface area contributed by atoms with Crippen molar-refractivity contribution in [1.29, 1.82) is 0 Å². The van der Waals surface area contributed by atoms with E-state index in [0.717, 1.165) is 88.4 Å². The second kappa shape index (κ2) is 12.3. The van der Waals surface area contributed by atoms with Crippen LogP contribution in [0.1, 0.15) is 0 Å². The van der Waals surface area contributed by atoms with Gasteiger partial charge < -0.3 is 13.4 Å². The quantitative estimate of drug-likeness (QED) is 0.176. The average molecular weight is 731 g/mol. The predicted molar refractivity (Wildman–Crippen MR) is 230 cm³/mol. The van der Waals surface area contributed by atoms with Gasteiger partial charge in [-0.15, -0.1) is 0 Å². The zero-order chi connectivity index (χ0) is 37.5. The Bertz CT molecular complexity index is 3410. The largest absolute Gasteiger partial charge is 0.456 e. The topological polar surface area (TPSA) is 69.9 Å². The predicted octanol–water partition coefficient (Wildman–Crippen LogP) is 13.4. The van der Waals surface area contributed by atoms with Gasteiger partial charge in [-0.25, -0.2) is 15.0 Å². The van der Waals surface area contributed by atoms with Gasteiger partial charge in [0.2, 0.25) is 0 Å². The van der Waals surface area contributed by atoms with Crippen molar-refractivity contribution in [3.05, 3.63) is 182 Å². The van der Waals surface area contributed by atoms with Crippen LogP contribution in [0.25, 0.3) is 117 Å². The molecule has 0 saturated heterocycles. The third-order valence-corrected chi connectivity index (χ3v) is 11.0. The van der Waals surface area contributed by atoms with E-state index < -0.39 is 0 Å². The van der Waals surface area contributed by atoms with Crippen LogP contribution in [0.2, 0.25) is 0 Å². The van der Waals surface area contributed by atoms with Gasteiger partial charge in [0, 0.05) is 60.3 Å². The Kier molecular flexibility index (Phi) is 6.83. The summed E-state index contributed by atoms with van der Waals surface area (Å²) in [5.74, 6) is 1.81. The zero-order valence-corrected chi connectivity index (χ0v) is 30.4. The lowest BCUT2D eigenvalue weighted by atomic mass is 9.99. The highest BCUT2D eigenvalue weighted by atomic mass is 16.3. The number of rotatable bonds is 5. The second-order valence-corrected chi connectivity index (χ2v) is 14.4. The van der Waals surface area contributed by atoms with E-state index in [2.05, 4.69) is 114 Å². The van der Waals surface area contributed by atoms with Crippen molar-refractivity contribution in [2.75, 3.05) is 0 Å². The van der Waals surface area contributed by atoms with Gasteiger partial charge >= 0.3 is 0 Å². The second-order valence-electron chi connectivity index (χ2n) is 14.4. The van der Waals surface area contributed by atoms with Gasteiger partial charge in [0.15, 0.2) is 17.5 Å². The van der Waals surface area contributed by atoms with E-state index in [1.54, 1.807) is 0 Å². The van der Waals surface area contributed by atoms with E-state index in [4.69, 9.17) is 23.8 Å². The molecule has 6 nitrogen and oxygen atoms in total. The highest BCUT2D eigenvalue weighted by Gasteiger charge is 2.21. The van der Waals surface area contributed by atoms with Gasteiger partial charge in [0.05, 0.1) is 11.0 Å². The van der Waals surface area contributed by atoms with Crippen molar-refractivity contribution < 1.29 is 8.83 Å². The van der Waals surface area contributed by atoms with Gasteiger partial charge in [0.1, 0.15) is 22.3 Å². The number of hydrogen-bond acceptors (Lipinski definition) is 5. The van der Waals surface area contributed by atoms with Crippen molar-refractivity contribution in [3.63, 3.8) is 0 Å². The molecule has 0 fully saturated rings. The summed E-state index contributed by atoms with van der Waals surface area (Å²) in [6, 6.07) is 62.8. The van der Waals surface area contributed by atoms with E-state index in [1.165, 1.54) is 10.8 Å². The minimum atomic E-state index is 0.577. The van der Waals surface area contributed by atoms with Gasteiger partial charge in [-0.3, -0.25) is 0 Å². The Morgan fingerprint density at radius 3 is 1.56 bits per heavy atom. The minimum absolute atomic E-state index is 0.577. The molecule has 0 aliphatic rings. The normalized spacial score (nSPS) is 11.9. The van der Waals surface area contributed by atoms with Crippen LogP contribution in [0.3, 0.4) is 0 Å². The van der Waals surface area contributed by atoms with E-state index in [1.807, 2.05) is 72.8 Å². The smallest absolute Gasteiger partial charge is 0.164 e. The van der Waals surface area contributed by atoms with Crippen LogP contribution in [0.4, 0.5) is 0 Å². The molecule has 0 radical (unpaired) electrons. The first-order valence-electron chi connectivity index (χ1n) is 19.0. The Morgan fingerprint density at radius 1 is 0.333 bits per heavy atom. The van der Waals surface area contributed by atoms with E-state index in [0.29, 0.717) is 17.5 Å². The summed E-state index contributed by atoms with van der Waals surface area (Å²) in [5.41, 5.74) is 11.4. The molecule has 4 aromatic heterocycles. The monoisotopic (exact) mass is 730 g/mol. The Hall–Kier alpha value is -7.83. The molecule has 0 spiro atoms. The number of para-hydroxylation sites is 3. The van der Waals surface area contributed by atoms with Crippen LogP contribution >= 0.6 is 0 Å². The number of fused-ring (bicyclic) bond motifs is 9. The van der Waals surface area contributed by atoms with Gasteiger partial charge in [0.25, 0.3) is 0 Å². The Morgan fingerprint density at radius 2 is 0.877 bits per heavy atom. The molecule has 0 N–H and O–H groups in total. The number of furan rings is 2. The molecule has 0 saturated carbocycles. The molecule has 57 heavy (non-hydrogen) atoms. The SMILES string of the molecule is c1ccc(-c2nc(-c3ccccc3)nc(-c3ccc4c(c3)oc3c(-c5ccc6oc7ccccc7c6c5)cc(-n5c6ccccc6c6ccccc65)cc34)n2)cc1. The highest BCUT2D eigenvalue weighted by Crippen LogP contribution is 2.43. The Balaban J connectivity index is 1.11. The molecule has 12 aromatic rings. The van der Waals surface area contributed by atoms with Gasteiger partial charge in [-0.1, -0.05) is 127 Å². The molecule has 266 valence electrons. The van der Waals surface area contributed by atoms with Gasteiger partial charge in [-0.05, 0) is 60.2 Å². The molecular formula is C51H30N4O2. The molecule has 6 heteroatoms. The molecule has 0 aliphatic heterocycles. The number of benzene rings is 8. The number of aromatic nitrogens is 4. The molecule has 0 aliphatic carbocycles. The van der Waals surface area contributed by atoms with Crippen LogP contribution in [0.15, 0.2) is 191 Å². The maximum atomic E-state index is 6.95. The van der Waals surface area contributed by atoms with Crippen molar-refractivity contribution in [2.45, 2.75) is 0 Å². The molecule has 0 bridgehead atoms. The lowest BCUT2D eigenvalue weighted by Crippen LogP contribution is -2.00. The van der Waals surface area contributed by atoms with Crippen LogP contribution in [-0.2, 0) is 0 Å². The molecular weight excluding hydrogens is 701 g/mol. The van der Waals surface area contributed by atoms with Crippen LogP contribution < -0.4 is 0 Å². The standard InChI is InChI=1S/C51H30N4O2/c1-3-13-31(14-4-1)49-52-50(32-15-5-2-6-16-32)54-51(53-49)34-23-25-39-42-30-35(55-43-20-10-7-17-36(43)37-18-8-11-21-44(37)55)29-40(48(42)57-47(39)28-34)33-24-26-46-41(27-33)38-19-9-12-22-45(38)56-46/h1-30H. The number of hydrogen-bond donors (Lipinski definition) is 0. The summed E-state index contributed by atoms with van der Waals surface area (Å²) in [6.45, 7) is 0. The fourth-order valence-electron chi connectivity index (χ4n) is 8.38. The first kappa shape index (κ1) is 31.5. The van der Waals surface area contributed by atoms with E-state index in [-0.39, 0.29) is 0 Å². The van der Waals surface area contributed by atoms with E-state index >= 15 is 0 Å². The van der Waals surface area contributed by atoms with E-state index in [9.17, 15) is 0 Å². The summed E-state index contributed by atoms with van der Waals surface area (Å²) in [7, 11) is 0. The fraction of sp³-hybridized carbons (Fsp3) is 0. The maximum absolute atomic E-state index is 6.95. The zero-order valence-electron chi connectivity index (χ0n) is 30.4. The van der Waals surface area contributed by atoms with Crippen LogP contribution in [0, 0.1) is 0 Å². The summed E-state index contributed by atoms with van der Waals surface area (Å²) in [4.78, 5) is 14.9. The molecule has 0 amide bonds. The summed E-state index contributed by atoms with van der Waals surface area (Å²) in [6.07, 6.45) is 0. The summed E-state index contributed by atoms with van der Waals surface area (Å²) < 4.78 is 15.6. The van der Waals surface area contributed by atoms with Crippen LogP contribution in [-0.4, -0.2) is 19.5 Å². The molecule has 12 rings (SSSR count). The van der Waals surface area contributed by atoms with Crippen LogP contribution in [0.5, 0.6) is 0 Å². The minimum Gasteiger partial charge on any atom is -0.456 e. The highest BCUT2D eigenvalue weighted by molar-refractivity contribution is 6.14. The first-order chi connectivity index (χ1) is 28.2. The molecule has 0 unspecified atom stereocenters. The molecule has 4 heterocycles. The third kappa shape index (κ3) is 5.01. The average Bonchev–Trinajstić information content (AvgIpc) is 3.95. The number of nitrogens with zero attached hydrogens (tertiary/aromatic N) is 4. The van der Waals surface area contributed by atoms with Crippen molar-refractivity contribution in [3.8, 4) is 51.0 Å². The maximum Gasteiger partial charge on any atom is 0.164 e. The van der Waals surface area contributed by atoms with Gasteiger partial charge in [-0.2, -0.15) is 0 Å². The molecule has 8 aromatic carbocycles. The summed E-state index contributed by atoms with van der Waals surface area (Å²) in [5, 5.41) is 6.60. The third-order valence-electron chi connectivity index (χ3n) is 11.0. The summed E-state index contributed by atoms with van der Waals surface area (Å²) >= 11 is 0. The Labute approximate surface area is 325 Å².